The van der Waals surface area contributed by atoms with Crippen molar-refractivity contribution in [1.29, 1.82) is 5.26 Å². The quantitative estimate of drug-likeness (QED) is 0.442. The average Bonchev–Trinajstić information content (AvgIpc) is 3.57. The van der Waals surface area contributed by atoms with Gasteiger partial charge in [-0.1, -0.05) is 17.7 Å². The van der Waals surface area contributed by atoms with Gasteiger partial charge >= 0.3 is 0 Å². The van der Waals surface area contributed by atoms with Crippen LogP contribution in [0.15, 0.2) is 54.0 Å². The molecule has 0 aliphatic carbocycles. The zero-order chi connectivity index (χ0) is 22.5. The van der Waals surface area contributed by atoms with Gasteiger partial charge in [0.1, 0.15) is 35.2 Å². The molecule has 33 heavy (non-hydrogen) atoms. The highest BCUT2D eigenvalue weighted by atomic mass is 35.5. The Hall–Kier alpha value is -4.23. The van der Waals surface area contributed by atoms with E-state index in [9.17, 15) is 10.1 Å². The molecule has 1 atom stereocenters. The lowest BCUT2D eigenvalue weighted by molar-refractivity contribution is 0.598. The lowest BCUT2D eigenvalue weighted by Gasteiger charge is -2.27. The van der Waals surface area contributed by atoms with Gasteiger partial charge in [-0.05, 0) is 31.0 Å². The van der Waals surface area contributed by atoms with Gasteiger partial charge in [-0.15, -0.1) is 0 Å². The van der Waals surface area contributed by atoms with Crippen LogP contribution < -0.4 is 10.5 Å². The van der Waals surface area contributed by atoms with E-state index in [0.29, 0.717) is 45.6 Å². The van der Waals surface area contributed by atoms with Crippen LogP contribution in [0, 0.1) is 11.3 Å². The number of aromatic nitrogens is 7. The summed E-state index contributed by atoms with van der Waals surface area (Å²) >= 11 is 6.30. The maximum Gasteiger partial charge on any atom is 0.285 e. The van der Waals surface area contributed by atoms with Gasteiger partial charge in [-0.3, -0.25) is 4.79 Å². The summed E-state index contributed by atoms with van der Waals surface area (Å²) < 4.78 is 3.04. The molecule has 1 aliphatic heterocycles. The Labute approximate surface area is 191 Å². The first-order chi connectivity index (χ1) is 16.2. The lowest BCUT2D eigenvalue weighted by Crippen LogP contribution is -2.33. The van der Waals surface area contributed by atoms with E-state index in [2.05, 4.69) is 30.9 Å². The monoisotopic (exact) mass is 457 g/mol. The number of nitrogens with zero attached hydrogens (tertiary/aromatic N) is 8. The minimum atomic E-state index is -0.298. The van der Waals surface area contributed by atoms with Gasteiger partial charge in [0.2, 0.25) is 0 Å². The zero-order valence-corrected chi connectivity index (χ0v) is 17.9. The molecule has 0 amide bonds. The summed E-state index contributed by atoms with van der Waals surface area (Å²) in [5.41, 5.74) is 1.05. The molecule has 162 valence electrons. The second kappa shape index (κ2) is 7.43. The number of hydrogen-bond donors (Lipinski definition) is 1. The Bertz CT molecular complexity index is 1610. The molecule has 0 bridgehead atoms. The predicted octanol–water partition coefficient (Wildman–Crippen LogP) is 3.02. The number of H-pyrrole nitrogens is 1. The SMILES string of the molecule is N#Cc1c[nH]c2ncnc(N3CCCC3c3nn4ccc(Cl)c4c(=O)n3-c3ccccn3)c12. The van der Waals surface area contributed by atoms with Crippen molar-refractivity contribution in [1.82, 2.24) is 34.1 Å². The second-order valence-electron chi connectivity index (χ2n) is 7.73. The predicted molar refractivity (Wildman–Crippen MR) is 122 cm³/mol. The minimum absolute atomic E-state index is 0.273. The number of aromatic amines is 1. The van der Waals surface area contributed by atoms with E-state index >= 15 is 0 Å². The highest BCUT2D eigenvalue weighted by Gasteiger charge is 2.34. The lowest BCUT2D eigenvalue weighted by atomic mass is 10.1. The third-order valence-corrected chi connectivity index (χ3v) is 6.24. The number of anilines is 1. The molecule has 1 saturated heterocycles. The average molecular weight is 458 g/mol. The van der Waals surface area contributed by atoms with Crippen molar-refractivity contribution in [3.05, 3.63) is 75.9 Å². The van der Waals surface area contributed by atoms with Gasteiger partial charge < -0.3 is 9.88 Å². The molecule has 1 N–H and O–H groups in total. The van der Waals surface area contributed by atoms with Crippen molar-refractivity contribution in [3.8, 4) is 11.9 Å². The minimum Gasteiger partial charge on any atom is -0.346 e. The summed E-state index contributed by atoms with van der Waals surface area (Å²) in [6.45, 7) is 0.690. The second-order valence-corrected chi connectivity index (χ2v) is 8.14. The summed E-state index contributed by atoms with van der Waals surface area (Å²) in [5.74, 6) is 1.62. The molecule has 0 saturated carbocycles. The number of halogens is 1. The van der Waals surface area contributed by atoms with E-state index in [1.807, 2.05) is 6.07 Å². The molecule has 0 aromatic carbocycles. The molecular formula is C22H16ClN9O. The van der Waals surface area contributed by atoms with E-state index in [0.717, 1.165) is 12.8 Å². The fourth-order valence-corrected chi connectivity index (χ4v) is 4.74. The molecule has 1 aliphatic rings. The van der Waals surface area contributed by atoms with E-state index in [1.165, 1.54) is 15.4 Å². The fourth-order valence-electron chi connectivity index (χ4n) is 4.51. The van der Waals surface area contributed by atoms with Gasteiger partial charge in [0, 0.05) is 25.1 Å². The number of nitrogens with one attached hydrogen (secondary N) is 1. The van der Waals surface area contributed by atoms with E-state index in [1.54, 1.807) is 36.8 Å². The van der Waals surface area contributed by atoms with Crippen LogP contribution >= 0.6 is 11.6 Å². The largest absolute Gasteiger partial charge is 0.346 e. The summed E-state index contributed by atoms with van der Waals surface area (Å²) in [6.07, 6.45) is 8.02. The van der Waals surface area contributed by atoms with Gasteiger partial charge in [-0.25, -0.2) is 24.0 Å². The molecule has 0 spiro atoms. The molecule has 5 aromatic rings. The molecule has 11 heteroatoms. The summed E-state index contributed by atoms with van der Waals surface area (Å²) in [7, 11) is 0. The maximum atomic E-state index is 13.6. The third kappa shape index (κ3) is 2.90. The first-order valence-electron chi connectivity index (χ1n) is 10.4. The zero-order valence-electron chi connectivity index (χ0n) is 17.2. The van der Waals surface area contributed by atoms with E-state index in [4.69, 9.17) is 16.7 Å². The van der Waals surface area contributed by atoms with Crippen molar-refractivity contribution < 1.29 is 0 Å². The van der Waals surface area contributed by atoms with Crippen molar-refractivity contribution in [3.63, 3.8) is 0 Å². The van der Waals surface area contributed by atoms with Crippen LogP contribution in [0.5, 0.6) is 0 Å². The molecule has 1 unspecified atom stereocenters. The number of pyridine rings is 1. The van der Waals surface area contributed by atoms with Gasteiger partial charge in [-0.2, -0.15) is 10.4 Å². The number of nitriles is 1. The molecular weight excluding hydrogens is 442 g/mol. The third-order valence-electron chi connectivity index (χ3n) is 5.93. The van der Waals surface area contributed by atoms with Crippen LogP contribution in [0.25, 0.3) is 22.4 Å². The summed E-state index contributed by atoms with van der Waals surface area (Å²) in [4.78, 5) is 31.9. The fraction of sp³-hybridized carbons (Fsp3) is 0.182. The number of fused-ring (bicyclic) bond motifs is 2. The van der Waals surface area contributed by atoms with E-state index in [-0.39, 0.29) is 17.1 Å². The Balaban J connectivity index is 1.61. The molecule has 10 nitrogen and oxygen atoms in total. The van der Waals surface area contributed by atoms with Crippen LogP contribution in [0.3, 0.4) is 0 Å². The highest BCUT2D eigenvalue weighted by molar-refractivity contribution is 6.33. The van der Waals surface area contributed by atoms with Crippen LogP contribution in [0.1, 0.15) is 30.3 Å². The Kier molecular flexibility index (Phi) is 4.38. The standard InChI is InChI=1S/C22H16ClN9O/c23-14-6-9-31-18(14)22(33)32(16-5-1-2-7-25-16)20(29-31)15-4-3-8-30(15)21-17-13(10-24)11-26-19(17)27-12-28-21/h1-2,5-7,9,11-12,15H,3-4,8H2,(H,26,27,28). The smallest absolute Gasteiger partial charge is 0.285 e. The Morgan fingerprint density at radius 2 is 2.12 bits per heavy atom. The van der Waals surface area contributed by atoms with Crippen LogP contribution in [-0.4, -0.2) is 40.7 Å². The Morgan fingerprint density at radius 3 is 2.94 bits per heavy atom. The van der Waals surface area contributed by atoms with Crippen molar-refractivity contribution in [2.24, 2.45) is 0 Å². The molecule has 6 heterocycles. The highest BCUT2D eigenvalue weighted by Crippen LogP contribution is 2.38. The van der Waals surface area contributed by atoms with Crippen molar-refractivity contribution in [2.75, 3.05) is 11.4 Å². The summed E-state index contributed by atoms with van der Waals surface area (Å²) in [6, 6.07) is 8.96. The van der Waals surface area contributed by atoms with Crippen molar-refractivity contribution >= 4 is 34.0 Å². The van der Waals surface area contributed by atoms with E-state index < -0.39 is 0 Å². The molecule has 6 rings (SSSR count). The van der Waals surface area contributed by atoms with Crippen LogP contribution in [-0.2, 0) is 0 Å². The van der Waals surface area contributed by atoms with Crippen molar-refractivity contribution in [2.45, 2.75) is 18.9 Å². The Morgan fingerprint density at radius 1 is 1.21 bits per heavy atom. The molecule has 5 aromatic heterocycles. The topological polar surface area (TPSA) is 121 Å². The van der Waals surface area contributed by atoms with Gasteiger partial charge in [0.15, 0.2) is 5.82 Å². The molecule has 0 radical (unpaired) electrons. The maximum absolute atomic E-state index is 13.6. The van der Waals surface area contributed by atoms with Gasteiger partial charge in [0.05, 0.1) is 22.0 Å². The normalized spacial score (nSPS) is 16.0. The molecule has 1 fully saturated rings. The first kappa shape index (κ1) is 19.5. The number of hydrogen-bond acceptors (Lipinski definition) is 7. The first-order valence-corrected chi connectivity index (χ1v) is 10.7. The van der Waals surface area contributed by atoms with Gasteiger partial charge in [0.25, 0.3) is 5.56 Å². The van der Waals surface area contributed by atoms with Crippen LogP contribution in [0.4, 0.5) is 5.82 Å². The van der Waals surface area contributed by atoms with Crippen LogP contribution in [0.2, 0.25) is 5.02 Å². The number of rotatable bonds is 3. The summed E-state index contributed by atoms with van der Waals surface area (Å²) in [5, 5.41) is 15.4.